The minimum Gasteiger partial charge on any atom is -0.326 e. The van der Waals surface area contributed by atoms with E-state index in [1.807, 2.05) is 4.90 Å². The molecule has 124 valence electrons. The zero-order valence-corrected chi connectivity index (χ0v) is 12.6. The molecule has 1 aromatic rings. The lowest BCUT2D eigenvalue weighted by Crippen LogP contribution is -2.41. The summed E-state index contributed by atoms with van der Waals surface area (Å²) in [5.41, 5.74) is -0.631. The molecule has 0 saturated carbocycles. The van der Waals surface area contributed by atoms with Crippen LogP contribution in [0.3, 0.4) is 0 Å². The Morgan fingerprint density at radius 2 is 2.22 bits per heavy atom. The molecule has 0 radical (unpaired) electrons. The summed E-state index contributed by atoms with van der Waals surface area (Å²) in [6.45, 7) is 1.99. The van der Waals surface area contributed by atoms with Gasteiger partial charge in [-0.25, -0.2) is 0 Å². The van der Waals surface area contributed by atoms with Crippen molar-refractivity contribution in [3.63, 3.8) is 0 Å². The number of hydrogen-bond acceptors (Lipinski definition) is 3. The molecule has 23 heavy (non-hydrogen) atoms. The number of benzene rings is 1. The largest absolute Gasteiger partial charge is 0.416 e. The van der Waals surface area contributed by atoms with Gasteiger partial charge in [0.1, 0.15) is 0 Å². The highest BCUT2D eigenvalue weighted by molar-refractivity contribution is 5.92. The van der Waals surface area contributed by atoms with Crippen molar-refractivity contribution in [2.75, 3.05) is 25.0 Å². The van der Waals surface area contributed by atoms with Gasteiger partial charge in [-0.3, -0.25) is 4.79 Å². The van der Waals surface area contributed by atoms with Gasteiger partial charge in [0.05, 0.1) is 17.6 Å². The second kappa shape index (κ2) is 7.47. The molecule has 1 unspecified atom stereocenters. The minimum absolute atomic E-state index is 0.152. The molecule has 0 aliphatic carbocycles. The molecular formula is C16H18F3N3O. The molecular weight excluding hydrogens is 307 g/mol. The molecule has 1 aliphatic heterocycles. The van der Waals surface area contributed by atoms with Gasteiger partial charge >= 0.3 is 6.18 Å². The summed E-state index contributed by atoms with van der Waals surface area (Å²) in [5, 5.41) is 11.2. The molecule has 1 aromatic carbocycles. The van der Waals surface area contributed by atoms with Crippen molar-refractivity contribution in [1.29, 1.82) is 5.26 Å². The average molecular weight is 325 g/mol. The van der Waals surface area contributed by atoms with Crippen molar-refractivity contribution in [2.24, 2.45) is 5.92 Å². The average Bonchev–Trinajstić information content (AvgIpc) is 2.52. The number of carbonyl (C=O) groups excluding carboxylic acids is 1. The number of rotatable bonds is 4. The number of nitriles is 1. The van der Waals surface area contributed by atoms with Crippen LogP contribution in [0.2, 0.25) is 0 Å². The number of amides is 1. The van der Waals surface area contributed by atoms with Crippen LogP contribution >= 0.6 is 0 Å². The van der Waals surface area contributed by atoms with Crippen LogP contribution in [0.1, 0.15) is 24.8 Å². The number of carbonyl (C=O) groups is 1. The Balaban J connectivity index is 1.97. The van der Waals surface area contributed by atoms with Crippen molar-refractivity contribution >= 4 is 11.6 Å². The molecule has 1 amide bonds. The summed E-state index contributed by atoms with van der Waals surface area (Å²) in [5.74, 6) is -0.539. The number of nitrogens with zero attached hydrogens (tertiary/aromatic N) is 2. The first-order valence-corrected chi connectivity index (χ1v) is 7.47. The molecule has 2 rings (SSSR count). The standard InChI is InChI=1S/C16H18F3N3O/c17-16(18,19)13-5-1-6-14(10-13)21-15(23)12-4-2-8-22(11-12)9-3-7-20/h1,5-6,10,12H,2-4,8-9,11H2,(H,21,23). The predicted molar refractivity (Wildman–Crippen MR) is 79.5 cm³/mol. The number of anilines is 1. The molecule has 1 heterocycles. The lowest BCUT2D eigenvalue weighted by molar-refractivity contribution is -0.137. The molecule has 1 fully saturated rings. The van der Waals surface area contributed by atoms with Gasteiger partial charge in [-0.1, -0.05) is 6.07 Å². The Labute approximate surface area is 132 Å². The normalized spacial score (nSPS) is 19.1. The lowest BCUT2D eigenvalue weighted by atomic mass is 9.97. The van der Waals surface area contributed by atoms with Crippen LogP contribution in [0.4, 0.5) is 18.9 Å². The highest BCUT2D eigenvalue weighted by Gasteiger charge is 2.31. The topological polar surface area (TPSA) is 56.1 Å². The molecule has 0 bridgehead atoms. The minimum atomic E-state index is -4.43. The molecule has 1 saturated heterocycles. The summed E-state index contributed by atoms with van der Waals surface area (Å²) in [6, 6.07) is 6.71. The van der Waals surface area contributed by atoms with E-state index in [-0.39, 0.29) is 17.5 Å². The summed E-state index contributed by atoms with van der Waals surface area (Å²) in [4.78, 5) is 14.3. The summed E-state index contributed by atoms with van der Waals surface area (Å²) in [7, 11) is 0. The predicted octanol–water partition coefficient (Wildman–Crippen LogP) is 3.27. The van der Waals surface area contributed by atoms with E-state index < -0.39 is 11.7 Å². The van der Waals surface area contributed by atoms with Gasteiger partial charge in [-0.2, -0.15) is 18.4 Å². The maximum Gasteiger partial charge on any atom is 0.416 e. The summed E-state index contributed by atoms with van der Waals surface area (Å²) in [6.07, 6.45) is -2.48. The first kappa shape index (κ1) is 17.3. The number of hydrogen-bond donors (Lipinski definition) is 1. The van der Waals surface area contributed by atoms with E-state index in [4.69, 9.17) is 5.26 Å². The van der Waals surface area contributed by atoms with E-state index in [1.54, 1.807) is 0 Å². The summed E-state index contributed by atoms with van der Waals surface area (Å²) >= 11 is 0. The molecule has 4 nitrogen and oxygen atoms in total. The zero-order chi connectivity index (χ0) is 16.9. The fraction of sp³-hybridized carbons (Fsp3) is 0.500. The van der Waals surface area contributed by atoms with Gasteiger partial charge in [0.2, 0.25) is 5.91 Å². The van der Waals surface area contributed by atoms with Crippen LogP contribution in [-0.4, -0.2) is 30.4 Å². The molecule has 0 spiro atoms. The Bertz CT molecular complexity index is 595. The Morgan fingerprint density at radius 1 is 1.43 bits per heavy atom. The highest BCUT2D eigenvalue weighted by Crippen LogP contribution is 2.31. The van der Waals surface area contributed by atoms with Gasteiger partial charge in [0.15, 0.2) is 0 Å². The number of piperidine rings is 1. The van der Waals surface area contributed by atoms with Crippen LogP contribution in [-0.2, 0) is 11.0 Å². The third kappa shape index (κ3) is 4.96. The van der Waals surface area contributed by atoms with Gasteiger partial charge in [-0.15, -0.1) is 0 Å². The van der Waals surface area contributed by atoms with Crippen molar-refractivity contribution in [2.45, 2.75) is 25.4 Å². The van der Waals surface area contributed by atoms with Gasteiger partial charge in [-0.05, 0) is 37.6 Å². The van der Waals surface area contributed by atoms with Crippen LogP contribution in [0, 0.1) is 17.2 Å². The van der Waals surface area contributed by atoms with Crippen molar-refractivity contribution in [1.82, 2.24) is 4.90 Å². The number of halogens is 3. The van der Waals surface area contributed by atoms with Crippen molar-refractivity contribution in [3.8, 4) is 6.07 Å². The van der Waals surface area contributed by atoms with E-state index in [1.165, 1.54) is 12.1 Å². The second-order valence-corrected chi connectivity index (χ2v) is 5.62. The quantitative estimate of drug-likeness (QED) is 0.924. The van der Waals surface area contributed by atoms with E-state index in [0.717, 1.165) is 25.1 Å². The Morgan fingerprint density at radius 3 is 2.91 bits per heavy atom. The van der Waals surface area contributed by atoms with E-state index in [9.17, 15) is 18.0 Å². The second-order valence-electron chi connectivity index (χ2n) is 5.62. The highest BCUT2D eigenvalue weighted by atomic mass is 19.4. The fourth-order valence-corrected chi connectivity index (χ4v) is 2.70. The number of likely N-dealkylation sites (tertiary alicyclic amines) is 1. The smallest absolute Gasteiger partial charge is 0.326 e. The van der Waals surface area contributed by atoms with E-state index >= 15 is 0 Å². The van der Waals surface area contributed by atoms with Crippen LogP contribution < -0.4 is 5.32 Å². The van der Waals surface area contributed by atoms with Crippen molar-refractivity contribution in [3.05, 3.63) is 29.8 Å². The first-order valence-electron chi connectivity index (χ1n) is 7.47. The molecule has 1 atom stereocenters. The first-order chi connectivity index (χ1) is 10.9. The fourth-order valence-electron chi connectivity index (χ4n) is 2.70. The van der Waals surface area contributed by atoms with Gasteiger partial charge < -0.3 is 10.2 Å². The number of alkyl halides is 3. The van der Waals surface area contributed by atoms with Crippen molar-refractivity contribution < 1.29 is 18.0 Å². The van der Waals surface area contributed by atoms with E-state index in [0.29, 0.717) is 25.9 Å². The molecule has 0 aromatic heterocycles. The maximum absolute atomic E-state index is 12.7. The zero-order valence-electron chi connectivity index (χ0n) is 12.6. The van der Waals surface area contributed by atoms with Crippen LogP contribution in [0.25, 0.3) is 0 Å². The SMILES string of the molecule is N#CCCN1CCCC(C(=O)Nc2cccc(C(F)(F)F)c2)C1. The molecule has 7 heteroatoms. The Hall–Kier alpha value is -2.07. The van der Waals surface area contributed by atoms with Crippen LogP contribution in [0.5, 0.6) is 0 Å². The van der Waals surface area contributed by atoms with Crippen LogP contribution in [0.15, 0.2) is 24.3 Å². The summed E-state index contributed by atoms with van der Waals surface area (Å²) < 4.78 is 38.1. The Kier molecular flexibility index (Phi) is 5.61. The molecule has 1 N–H and O–H groups in total. The molecule has 1 aliphatic rings. The maximum atomic E-state index is 12.7. The van der Waals surface area contributed by atoms with E-state index in [2.05, 4.69) is 11.4 Å². The third-order valence-corrected chi connectivity index (χ3v) is 3.87. The van der Waals surface area contributed by atoms with Gasteiger partial charge in [0, 0.05) is 25.2 Å². The van der Waals surface area contributed by atoms with Gasteiger partial charge in [0.25, 0.3) is 0 Å². The third-order valence-electron chi connectivity index (χ3n) is 3.87. The monoisotopic (exact) mass is 325 g/mol. The number of nitrogens with one attached hydrogen (secondary N) is 1. The lowest BCUT2D eigenvalue weighted by Gasteiger charge is -2.31.